The fourth-order valence-corrected chi connectivity index (χ4v) is 3.18. The zero-order valence-electron chi connectivity index (χ0n) is 13.6. The van der Waals surface area contributed by atoms with Crippen molar-refractivity contribution in [1.29, 1.82) is 0 Å². The van der Waals surface area contributed by atoms with E-state index in [1.54, 1.807) is 18.1 Å². The molecule has 0 aromatic heterocycles. The maximum Gasteiger partial charge on any atom is 0.270 e. The van der Waals surface area contributed by atoms with Crippen molar-refractivity contribution in [1.82, 2.24) is 4.90 Å². The van der Waals surface area contributed by atoms with E-state index in [4.69, 9.17) is 4.74 Å². The number of nitro benzene ring substituents is 1. The van der Waals surface area contributed by atoms with Gasteiger partial charge >= 0.3 is 0 Å². The van der Waals surface area contributed by atoms with Gasteiger partial charge in [-0.25, -0.2) is 0 Å². The molecule has 7 nitrogen and oxygen atoms in total. The summed E-state index contributed by atoms with van der Waals surface area (Å²) < 4.78 is 5.19. The van der Waals surface area contributed by atoms with Crippen molar-refractivity contribution < 1.29 is 14.5 Å². The highest BCUT2D eigenvalue weighted by molar-refractivity contribution is 6.02. The summed E-state index contributed by atoms with van der Waals surface area (Å²) >= 11 is 0. The van der Waals surface area contributed by atoms with Gasteiger partial charge in [-0.1, -0.05) is 12.1 Å². The molecule has 1 N–H and O–H groups in total. The van der Waals surface area contributed by atoms with Gasteiger partial charge in [-0.2, -0.15) is 0 Å². The Morgan fingerprint density at radius 3 is 2.52 bits per heavy atom. The molecule has 1 saturated carbocycles. The van der Waals surface area contributed by atoms with Crippen LogP contribution in [0.15, 0.2) is 42.5 Å². The summed E-state index contributed by atoms with van der Waals surface area (Å²) in [5.74, 6) is 0.584. The number of nitro groups is 1. The Hall–Kier alpha value is -3.09. The number of carbonyl (C=O) groups is 1. The van der Waals surface area contributed by atoms with Gasteiger partial charge in [-0.15, -0.1) is 0 Å². The molecule has 1 fully saturated rings. The molecule has 1 heterocycles. The van der Waals surface area contributed by atoms with Crippen LogP contribution in [-0.2, 0) is 0 Å². The number of carbonyl (C=O) groups excluding carboxylic acids is 1. The number of ether oxygens (including phenoxy) is 1. The summed E-state index contributed by atoms with van der Waals surface area (Å²) in [6.45, 7) is 0. The second-order valence-corrected chi connectivity index (χ2v) is 6.25. The van der Waals surface area contributed by atoms with Crippen LogP contribution in [0.4, 0.5) is 11.4 Å². The monoisotopic (exact) mass is 339 g/mol. The molecule has 1 amide bonds. The minimum atomic E-state index is -0.482. The Morgan fingerprint density at radius 1 is 1.20 bits per heavy atom. The Morgan fingerprint density at radius 2 is 1.92 bits per heavy atom. The van der Waals surface area contributed by atoms with Crippen LogP contribution in [0.25, 0.3) is 0 Å². The molecule has 128 valence electrons. The average Bonchev–Trinajstić information content (AvgIpc) is 3.46. The number of non-ortho nitro benzene ring substituents is 1. The van der Waals surface area contributed by atoms with Crippen molar-refractivity contribution in [2.45, 2.75) is 25.0 Å². The van der Waals surface area contributed by atoms with Crippen LogP contribution in [0.5, 0.6) is 5.75 Å². The Kier molecular flexibility index (Phi) is 3.56. The Labute approximate surface area is 144 Å². The van der Waals surface area contributed by atoms with Gasteiger partial charge in [0.25, 0.3) is 11.6 Å². The second-order valence-electron chi connectivity index (χ2n) is 6.25. The molecular formula is C18H17N3O4. The van der Waals surface area contributed by atoms with E-state index in [1.165, 1.54) is 12.1 Å². The molecule has 1 unspecified atom stereocenters. The SMILES string of the molecule is COc1ccc(C2Nc3ccc([N+](=O)[O-])cc3C(=O)N2C2CC2)cc1. The molecule has 1 aliphatic heterocycles. The van der Waals surface area contributed by atoms with Gasteiger partial charge in [0.1, 0.15) is 11.9 Å². The molecule has 0 saturated heterocycles. The predicted molar refractivity (Wildman–Crippen MR) is 91.6 cm³/mol. The van der Waals surface area contributed by atoms with E-state index >= 15 is 0 Å². The smallest absolute Gasteiger partial charge is 0.270 e. The van der Waals surface area contributed by atoms with Crippen molar-refractivity contribution >= 4 is 17.3 Å². The van der Waals surface area contributed by atoms with Gasteiger partial charge in [-0.3, -0.25) is 14.9 Å². The molecule has 25 heavy (non-hydrogen) atoms. The van der Waals surface area contributed by atoms with Crippen molar-refractivity contribution in [3.63, 3.8) is 0 Å². The molecule has 0 radical (unpaired) electrons. The van der Waals surface area contributed by atoms with Crippen LogP contribution in [0.3, 0.4) is 0 Å². The van der Waals surface area contributed by atoms with Crippen LogP contribution in [-0.4, -0.2) is 28.9 Å². The number of amides is 1. The molecular weight excluding hydrogens is 322 g/mol. The van der Waals surface area contributed by atoms with Gasteiger partial charge in [0.2, 0.25) is 0 Å². The van der Waals surface area contributed by atoms with Crippen LogP contribution in [0, 0.1) is 10.1 Å². The molecule has 1 atom stereocenters. The largest absolute Gasteiger partial charge is 0.497 e. The first kappa shape index (κ1) is 15.4. The van der Waals surface area contributed by atoms with Crippen LogP contribution in [0.2, 0.25) is 0 Å². The van der Waals surface area contributed by atoms with Crippen LogP contribution < -0.4 is 10.1 Å². The zero-order valence-corrected chi connectivity index (χ0v) is 13.6. The average molecular weight is 339 g/mol. The summed E-state index contributed by atoms with van der Waals surface area (Å²) in [6.07, 6.45) is 1.61. The van der Waals surface area contributed by atoms with E-state index in [2.05, 4.69) is 5.32 Å². The van der Waals surface area contributed by atoms with E-state index in [-0.39, 0.29) is 23.8 Å². The highest BCUT2D eigenvalue weighted by Gasteiger charge is 2.42. The number of nitrogens with one attached hydrogen (secondary N) is 1. The van der Waals surface area contributed by atoms with E-state index in [9.17, 15) is 14.9 Å². The van der Waals surface area contributed by atoms with Crippen molar-refractivity contribution in [3.8, 4) is 5.75 Å². The summed E-state index contributed by atoms with van der Waals surface area (Å²) in [4.78, 5) is 25.4. The van der Waals surface area contributed by atoms with Gasteiger partial charge in [0.05, 0.1) is 17.6 Å². The first-order valence-electron chi connectivity index (χ1n) is 8.10. The van der Waals surface area contributed by atoms with E-state index < -0.39 is 4.92 Å². The second kappa shape index (κ2) is 5.77. The molecule has 2 aliphatic rings. The highest BCUT2D eigenvalue weighted by atomic mass is 16.6. The molecule has 7 heteroatoms. The Balaban J connectivity index is 1.75. The minimum absolute atomic E-state index is 0.0763. The van der Waals surface area contributed by atoms with Gasteiger partial charge in [-0.05, 0) is 36.6 Å². The van der Waals surface area contributed by atoms with E-state index in [0.717, 1.165) is 24.2 Å². The molecule has 0 bridgehead atoms. The highest BCUT2D eigenvalue weighted by Crippen LogP contribution is 2.41. The summed E-state index contributed by atoms with van der Waals surface area (Å²) in [6, 6.07) is 12.1. The third kappa shape index (κ3) is 2.67. The van der Waals surface area contributed by atoms with Crippen LogP contribution in [0.1, 0.15) is 34.9 Å². The number of hydrogen-bond donors (Lipinski definition) is 1. The lowest BCUT2D eigenvalue weighted by Gasteiger charge is -2.38. The first-order chi connectivity index (χ1) is 12.1. The number of fused-ring (bicyclic) bond motifs is 1. The zero-order chi connectivity index (χ0) is 17.6. The number of anilines is 1. The lowest BCUT2D eigenvalue weighted by Crippen LogP contribution is -2.44. The quantitative estimate of drug-likeness (QED) is 0.682. The number of hydrogen-bond acceptors (Lipinski definition) is 5. The number of rotatable bonds is 4. The van der Waals surface area contributed by atoms with E-state index in [0.29, 0.717) is 11.3 Å². The minimum Gasteiger partial charge on any atom is -0.497 e. The molecule has 4 rings (SSSR count). The summed E-state index contributed by atoms with van der Waals surface area (Å²) in [7, 11) is 1.61. The third-order valence-electron chi connectivity index (χ3n) is 4.62. The molecule has 2 aromatic rings. The number of benzene rings is 2. The van der Waals surface area contributed by atoms with Crippen molar-refractivity contribution in [3.05, 3.63) is 63.7 Å². The summed E-state index contributed by atoms with van der Waals surface area (Å²) in [5.41, 5.74) is 1.84. The third-order valence-corrected chi connectivity index (χ3v) is 4.62. The topological polar surface area (TPSA) is 84.7 Å². The van der Waals surface area contributed by atoms with E-state index in [1.807, 2.05) is 24.3 Å². The summed E-state index contributed by atoms with van der Waals surface area (Å²) in [5, 5.41) is 14.4. The molecule has 1 aliphatic carbocycles. The first-order valence-corrected chi connectivity index (χ1v) is 8.10. The standard InChI is InChI=1S/C18H17N3O4/c1-25-14-7-2-11(3-8-14)17-19-16-9-6-13(21(23)24)10-15(16)18(22)20(17)12-4-5-12/h2-3,6-10,12,17,19H,4-5H2,1H3. The van der Waals surface area contributed by atoms with Gasteiger partial charge in [0, 0.05) is 23.9 Å². The number of methoxy groups -OCH3 is 1. The molecule has 0 spiro atoms. The predicted octanol–water partition coefficient (Wildman–Crippen LogP) is 3.33. The lowest BCUT2D eigenvalue weighted by molar-refractivity contribution is -0.384. The van der Waals surface area contributed by atoms with Gasteiger partial charge in [0.15, 0.2) is 0 Å². The molecule has 2 aromatic carbocycles. The van der Waals surface area contributed by atoms with Crippen LogP contribution >= 0.6 is 0 Å². The maximum atomic E-state index is 13.0. The number of nitrogens with zero attached hydrogens (tertiary/aromatic N) is 2. The Bertz CT molecular complexity index is 846. The van der Waals surface area contributed by atoms with Gasteiger partial charge < -0.3 is 15.0 Å². The maximum absolute atomic E-state index is 13.0. The normalized spacial score (nSPS) is 19.2. The van der Waals surface area contributed by atoms with Crippen molar-refractivity contribution in [2.24, 2.45) is 0 Å². The fourth-order valence-electron chi connectivity index (χ4n) is 3.18. The van der Waals surface area contributed by atoms with Crippen molar-refractivity contribution in [2.75, 3.05) is 12.4 Å². The fraction of sp³-hybridized carbons (Fsp3) is 0.278. The lowest BCUT2D eigenvalue weighted by atomic mass is 10.0.